The van der Waals surface area contributed by atoms with E-state index in [1.54, 1.807) is 34.8 Å². The average molecular weight is 1670 g/mol. The van der Waals surface area contributed by atoms with Gasteiger partial charge in [-0.15, -0.1) is 45.3 Å². The smallest absolute Gasteiger partial charge is 0.493 e. The summed E-state index contributed by atoms with van der Waals surface area (Å²) in [6, 6.07) is 55.6. The number of aryl methyl sites for hydroxylation is 5. The first kappa shape index (κ1) is 84.2. The van der Waals surface area contributed by atoms with Crippen molar-refractivity contribution in [3.8, 4) is 52.2 Å². The van der Waals surface area contributed by atoms with Gasteiger partial charge in [0.25, 0.3) is 5.70 Å². The zero-order chi connectivity index (χ0) is 83.9. The first-order valence-corrected chi connectivity index (χ1v) is 46.0. The minimum atomic E-state index is -1.20. The third kappa shape index (κ3) is 15.8. The highest BCUT2D eigenvalue weighted by Crippen LogP contribution is 2.66. The van der Waals surface area contributed by atoms with Crippen molar-refractivity contribution < 1.29 is 31.9 Å². The molecule has 4 aromatic heterocycles. The number of Topliss-reactive ketones (excluding diaryl/α,β-unsaturated/α-hetero) is 2. The van der Waals surface area contributed by atoms with Gasteiger partial charge in [0.2, 0.25) is 0 Å². The van der Waals surface area contributed by atoms with E-state index in [4.69, 9.17) is 24.5 Å². The highest BCUT2D eigenvalue weighted by atomic mass is 32.1. The molecule has 15 rings (SSSR count). The zero-order valence-corrected chi connectivity index (χ0v) is 72.3. The highest BCUT2D eigenvalue weighted by molar-refractivity contribution is 7.25. The first-order chi connectivity index (χ1) is 58.5. The lowest BCUT2D eigenvalue weighted by Gasteiger charge is -2.33. The number of hydrogen-bond donors (Lipinski definition) is 0. The molecule has 11 aromatic rings. The topological polar surface area (TPSA) is 80.2 Å². The molecule has 15 heteroatoms. The molecule has 0 spiro atoms. The van der Waals surface area contributed by atoms with Crippen LogP contribution >= 0.6 is 45.3 Å². The van der Waals surface area contributed by atoms with Crippen molar-refractivity contribution in [1.29, 1.82) is 5.26 Å². The molecular formula is C105H96F4N4O3S4. The van der Waals surface area contributed by atoms with E-state index in [9.17, 15) is 14.9 Å². The number of benzene rings is 7. The van der Waals surface area contributed by atoms with Crippen LogP contribution in [-0.4, -0.2) is 18.2 Å². The Kier molecular flexibility index (Phi) is 25.9. The summed E-state index contributed by atoms with van der Waals surface area (Å²) in [5.74, 6) is -5.62. The summed E-state index contributed by atoms with van der Waals surface area (Å²) in [5, 5.41) is 10.5. The van der Waals surface area contributed by atoms with Crippen LogP contribution in [0.4, 0.5) is 17.6 Å². The van der Waals surface area contributed by atoms with Crippen LogP contribution in [-0.2, 0) is 36.5 Å². The summed E-state index contributed by atoms with van der Waals surface area (Å²) in [6.45, 7) is 38.2. The normalized spacial score (nSPS) is 14.8. The van der Waals surface area contributed by atoms with E-state index in [0.29, 0.717) is 16.4 Å². The van der Waals surface area contributed by atoms with Crippen LogP contribution in [0.15, 0.2) is 180 Å². The fraction of sp³-hybridized carbons (Fsp3) is 0.314. The van der Waals surface area contributed by atoms with Crippen molar-refractivity contribution in [3.63, 3.8) is 0 Å². The second-order valence-electron chi connectivity index (χ2n) is 32.4. The SMILES string of the molecule is [C-]#[N+]C([N+]#[C-])=C1/C(=C/c2cc3c(s2)-c2sc(-c4cc(OCCCCCC)c(-c5cc6c(s5)-c5sc(/C=C7\C(=O)c8cc(F)c(F)cc8\C7=C(/C#N)[N+]#[C-])cc5C6(c5cccc(CCCCCC)c5)c5cccc(CCCCCC)c5)cc4C)cc2C3(c2cccc(CCCCCC)c2)c2cccc(CCCCCC)c2)C(=O)c2cc(F)c(F)cc21. The maximum absolute atomic E-state index is 15.3. The number of thiophene rings is 4. The van der Waals surface area contributed by atoms with E-state index in [0.717, 1.165) is 275 Å². The molecule has 0 saturated carbocycles. The summed E-state index contributed by atoms with van der Waals surface area (Å²) < 4.78 is 68.4. The number of allylic oxidation sites excluding steroid dienone is 5. The minimum absolute atomic E-state index is 0.00792. The van der Waals surface area contributed by atoms with Gasteiger partial charge in [0.05, 0.1) is 55.2 Å². The molecule has 0 amide bonds. The van der Waals surface area contributed by atoms with E-state index in [2.05, 4.69) is 190 Å². The Morgan fingerprint density at radius 3 is 1.15 bits per heavy atom. The van der Waals surface area contributed by atoms with Gasteiger partial charge < -0.3 is 4.74 Å². The molecule has 0 aliphatic heterocycles. The lowest BCUT2D eigenvalue weighted by Crippen LogP contribution is -2.28. The summed E-state index contributed by atoms with van der Waals surface area (Å²) in [5.41, 5.74) is 14.1. The summed E-state index contributed by atoms with van der Waals surface area (Å²) in [4.78, 5) is 47.7. The van der Waals surface area contributed by atoms with Crippen LogP contribution in [0.1, 0.15) is 277 Å². The van der Waals surface area contributed by atoms with Gasteiger partial charge in [-0.3, -0.25) is 9.59 Å². The second-order valence-corrected chi connectivity index (χ2v) is 36.6. The molecule has 7 nitrogen and oxygen atoms in total. The van der Waals surface area contributed by atoms with Crippen molar-refractivity contribution in [1.82, 2.24) is 0 Å². The molecule has 0 N–H and O–H groups in total. The molecular weight excluding hydrogens is 1570 g/mol. The molecule has 0 saturated heterocycles. The molecule has 120 heavy (non-hydrogen) atoms. The number of carbonyl (C=O) groups excluding carboxylic acids is 2. The maximum Gasteiger partial charge on any atom is 0.528 e. The van der Waals surface area contributed by atoms with Crippen molar-refractivity contribution in [2.75, 3.05) is 6.61 Å². The predicted octanol–water partition coefficient (Wildman–Crippen LogP) is 30.5. The molecule has 0 fully saturated rings. The third-order valence-corrected chi connectivity index (χ3v) is 29.3. The minimum Gasteiger partial charge on any atom is -0.493 e. The predicted molar refractivity (Wildman–Crippen MR) is 486 cm³/mol. The fourth-order valence-electron chi connectivity index (χ4n) is 18.5. The number of nitriles is 1. The molecule has 606 valence electrons. The van der Waals surface area contributed by atoms with E-state index in [1.807, 2.05) is 6.07 Å². The van der Waals surface area contributed by atoms with Gasteiger partial charge in [0, 0.05) is 52.9 Å². The fourth-order valence-corrected chi connectivity index (χ4v) is 23.7. The Morgan fingerprint density at radius 1 is 0.408 bits per heavy atom. The lowest BCUT2D eigenvalue weighted by molar-refractivity contribution is 0.103. The van der Waals surface area contributed by atoms with E-state index >= 15 is 17.6 Å². The zero-order valence-electron chi connectivity index (χ0n) is 69.0. The van der Waals surface area contributed by atoms with Crippen LogP contribution in [0.3, 0.4) is 0 Å². The first-order valence-electron chi connectivity index (χ1n) is 42.8. The number of rotatable bonds is 34. The van der Waals surface area contributed by atoms with Crippen molar-refractivity contribution in [2.24, 2.45) is 0 Å². The Balaban J connectivity index is 0.950. The van der Waals surface area contributed by atoms with Crippen LogP contribution in [0.25, 0.3) is 78.2 Å². The Labute approximate surface area is 719 Å². The molecule has 7 aromatic carbocycles. The number of nitrogens with zero attached hydrogens (tertiary/aromatic N) is 4. The Morgan fingerprint density at radius 2 is 0.767 bits per heavy atom. The van der Waals surface area contributed by atoms with Gasteiger partial charge in [0.15, 0.2) is 34.8 Å². The summed E-state index contributed by atoms with van der Waals surface area (Å²) in [6.07, 6.45) is 28.6. The van der Waals surface area contributed by atoms with Gasteiger partial charge in [-0.25, -0.2) is 27.7 Å². The standard InChI is InChI=1S/C105H96F4N4O3S4/c1-10-15-20-25-34-65-38-30-42-69(48-65)104(70-43-31-39-66(49-70)35-26-21-16-11-2)84-55-74(53-82-96(103(112-8)113-9)77-57-88(107)90(109)59-79(77)98(82)115)118-99(84)101-85(104)61-93(119-101)75-60-92(116-46-29-24-19-14-5)80(47-64(75)6)94-62-86-102(120-94)100-83(54-73(117-100)52-81-95(91(63-110)111-7)76-56-87(106)89(108)58-78(76)97(81)114)105(86,71-44-32-40-67(50-71)36-27-22-17-12-3)72-45-33-41-68(51-72)37-28-23-18-13-4/h30-33,38-45,47-62H,10-29,34-37,46H2,1-6H3/b81-52-,82-53-,95-91-. The number of ketones is 2. The molecule has 0 radical (unpaired) electrons. The quantitative estimate of drug-likeness (QED) is 0.0132. The average Bonchev–Trinajstić information content (AvgIpc) is 1.52. The summed E-state index contributed by atoms with van der Waals surface area (Å²) >= 11 is 6.49. The lowest BCUT2D eigenvalue weighted by atomic mass is 9.67. The molecule has 0 bridgehead atoms. The maximum atomic E-state index is 15.3. The molecule has 4 aliphatic rings. The number of fused-ring (bicyclic) bond motifs is 8. The van der Waals surface area contributed by atoms with E-state index in [1.165, 1.54) is 44.9 Å². The third-order valence-electron chi connectivity index (χ3n) is 24.5. The van der Waals surface area contributed by atoms with Crippen molar-refractivity contribution in [2.45, 2.75) is 206 Å². The van der Waals surface area contributed by atoms with Crippen LogP contribution < -0.4 is 4.74 Å². The molecule has 0 unspecified atom stereocenters. The van der Waals surface area contributed by atoms with Gasteiger partial charge in [-0.1, -0.05) is 228 Å². The molecule has 4 aliphatic carbocycles. The van der Waals surface area contributed by atoms with Crippen molar-refractivity contribution in [3.05, 3.63) is 342 Å². The number of ether oxygens (including phenoxy) is 1. The Bertz CT molecular complexity index is 6020. The van der Waals surface area contributed by atoms with Crippen LogP contribution in [0.2, 0.25) is 0 Å². The van der Waals surface area contributed by atoms with Gasteiger partial charge in [-0.05, 0) is 227 Å². The van der Waals surface area contributed by atoms with Gasteiger partial charge in [0.1, 0.15) is 18.9 Å². The van der Waals surface area contributed by atoms with Crippen LogP contribution in [0.5, 0.6) is 5.75 Å². The number of unbranched alkanes of at least 4 members (excludes halogenated alkanes) is 15. The van der Waals surface area contributed by atoms with Gasteiger partial charge in [-0.2, -0.15) is 9.69 Å². The van der Waals surface area contributed by atoms with Gasteiger partial charge >= 0.3 is 5.82 Å². The number of carbonyl (C=O) groups is 2. The Hall–Kier alpha value is -10.9. The highest BCUT2D eigenvalue weighted by Gasteiger charge is 2.52. The second kappa shape index (κ2) is 37.0. The molecule has 4 heterocycles. The van der Waals surface area contributed by atoms with E-state index in [-0.39, 0.29) is 44.5 Å². The monoisotopic (exact) mass is 1660 g/mol. The van der Waals surface area contributed by atoms with Crippen LogP contribution in [0, 0.1) is 61.2 Å². The summed E-state index contributed by atoms with van der Waals surface area (Å²) in [7, 11) is 0. The number of hydrogen-bond acceptors (Lipinski definition) is 8. The van der Waals surface area contributed by atoms with E-state index < -0.39 is 57.2 Å². The number of halogens is 4. The van der Waals surface area contributed by atoms with Crippen molar-refractivity contribution >= 4 is 80.2 Å². The molecule has 0 atom stereocenters. The largest absolute Gasteiger partial charge is 0.528 e.